The van der Waals surface area contributed by atoms with Gasteiger partial charge < -0.3 is 9.84 Å². The molecule has 1 rings (SSSR count). The fraction of sp³-hybridized carbons (Fsp3) is 1.00. The topological polar surface area (TPSA) is 29.5 Å². The van der Waals surface area contributed by atoms with Gasteiger partial charge in [-0.05, 0) is 25.7 Å². The van der Waals surface area contributed by atoms with Crippen molar-refractivity contribution in [3.05, 3.63) is 0 Å². The highest BCUT2D eigenvalue weighted by Crippen LogP contribution is 2.26. The van der Waals surface area contributed by atoms with Crippen LogP contribution in [0.1, 0.15) is 78.1 Å². The second kappa shape index (κ2) is 8.93. The van der Waals surface area contributed by atoms with Crippen molar-refractivity contribution in [1.29, 1.82) is 0 Å². The highest BCUT2D eigenvalue weighted by Gasteiger charge is 2.27. The molecule has 0 aromatic heterocycles. The highest BCUT2D eigenvalue weighted by molar-refractivity contribution is 4.77. The minimum atomic E-state index is -0.123. The molecule has 2 heteroatoms. The van der Waals surface area contributed by atoms with Crippen LogP contribution < -0.4 is 0 Å². The number of hydrogen-bond acceptors (Lipinski definition) is 2. The van der Waals surface area contributed by atoms with Gasteiger partial charge in [0.2, 0.25) is 0 Å². The van der Waals surface area contributed by atoms with Gasteiger partial charge >= 0.3 is 0 Å². The molecule has 0 saturated carbocycles. The summed E-state index contributed by atoms with van der Waals surface area (Å²) in [4.78, 5) is 0. The van der Waals surface area contributed by atoms with Gasteiger partial charge in [-0.25, -0.2) is 0 Å². The molecule has 1 saturated heterocycles. The summed E-state index contributed by atoms with van der Waals surface area (Å²) >= 11 is 0. The smallest absolute Gasteiger partial charge is 0.0603 e. The van der Waals surface area contributed by atoms with Crippen molar-refractivity contribution < 1.29 is 9.84 Å². The van der Waals surface area contributed by atoms with Crippen LogP contribution in [0.3, 0.4) is 0 Å². The molecule has 1 unspecified atom stereocenters. The zero-order chi connectivity index (χ0) is 12.5. The van der Waals surface area contributed by atoms with Gasteiger partial charge in [-0.2, -0.15) is 0 Å². The third-order valence-electron chi connectivity index (χ3n) is 3.71. The normalized spacial score (nSPS) is 29.5. The zero-order valence-corrected chi connectivity index (χ0v) is 11.7. The molecule has 1 aliphatic rings. The van der Waals surface area contributed by atoms with Crippen molar-refractivity contribution in [2.24, 2.45) is 0 Å². The molecular weight excluding hydrogens is 212 g/mol. The van der Waals surface area contributed by atoms with Gasteiger partial charge in [-0.15, -0.1) is 0 Å². The van der Waals surface area contributed by atoms with E-state index in [1.807, 2.05) is 0 Å². The summed E-state index contributed by atoms with van der Waals surface area (Å²) in [5.74, 6) is 0. The fourth-order valence-corrected chi connectivity index (χ4v) is 2.70. The second-order valence-corrected chi connectivity index (χ2v) is 5.50. The first-order chi connectivity index (χ1) is 8.26. The maximum absolute atomic E-state index is 9.88. The van der Waals surface area contributed by atoms with Crippen LogP contribution in [0.5, 0.6) is 0 Å². The Labute approximate surface area is 107 Å². The van der Waals surface area contributed by atoms with E-state index < -0.39 is 0 Å². The Hall–Kier alpha value is -0.0800. The summed E-state index contributed by atoms with van der Waals surface area (Å²) in [5, 5.41) is 9.88. The lowest BCUT2D eigenvalue weighted by molar-refractivity contribution is -0.101. The third-order valence-corrected chi connectivity index (χ3v) is 3.71. The van der Waals surface area contributed by atoms with Crippen molar-refractivity contribution in [3.8, 4) is 0 Å². The van der Waals surface area contributed by atoms with Crippen LogP contribution in [0.15, 0.2) is 0 Å². The minimum absolute atomic E-state index is 0.123. The summed E-state index contributed by atoms with van der Waals surface area (Å²) in [6.45, 7) is 4.45. The Morgan fingerprint density at radius 3 is 1.76 bits per heavy atom. The van der Waals surface area contributed by atoms with Crippen LogP contribution in [-0.2, 0) is 4.74 Å². The largest absolute Gasteiger partial charge is 0.393 e. The van der Waals surface area contributed by atoms with Crippen LogP contribution >= 0.6 is 0 Å². The molecule has 0 radical (unpaired) electrons. The van der Waals surface area contributed by atoms with Crippen molar-refractivity contribution in [3.63, 3.8) is 0 Å². The van der Waals surface area contributed by atoms with Gasteiger partial charge in [0.1, 0.15) is 0 Å². The molecule has 0 aromatic carbocycles. The fourth-order valence-electron chi connectivity index (χ4n) is 2.70. The maximum atomic E-state index is 9.88. The molecule has 0 bridgehead atoms. The number of aliphatic hydroxyl groups is 1. The van der Waals surface area contributed by atoms with E-state index in [0.29, 0.717) is 12.2 Å². The van der Waals surface area contributed by atoms with E-state index >= 15 is 0 Å². The van der Waals surface area contributed by atoms with Gasteiger partial charge in [0.05, 0.1) is 18.3 Å². The highest BCUT2D eigenvalue weighted by atomic mass is 16.5. The van der Waals surface area contributed by atoms with Crippen LogP contribution in [-0.4, -0.2) is 23.4 Å². The van der Waals surface area contributed by atoms with Crippen molar-refractivity contribution in [2.45, 2.75) is 96.4 Å². The third kappa shape index (κ3) is 6.42. The van der Waals surface area contributed by atoms with E-state index in [4.69, 9.17) is 4.74 Å². The number of ether oxygens (including phenoxy) is 1. The SMILES string of the molecule is CCCCC[C@@H]1CC(O)C[C@H](CCCCC)O1. The molecule has 1 fully saturated rings. The van der Waals surface area contributed by atoms with Crippen LogP contribution in [0.2, 0.25) is 0 Å². The predicted molar refractivity (Wildman–Crippen MR) is 72.2 cm³/mol. The lowest BCUT2D eigenvalue weighted by Crippen LogP contribution is -2.35. The summed E-state index contributed by atoms with van der Waals surface area (Å²) in [6.07, 6.45) is 12.1. The predicted octanol–water partition coefficient (Wildman–Crippen LogP) is 4.06. The van der Waals surface area contributed by atoms with Crippen molar-refractivity contribution in [2.75, 3.05) is 0 Å². The van der Waals surface area contributed by atoms with Crippen LogP contribution in [0.4, 0.5) is 0 Å². The monoisotopic (exact) mass is 242 g/mol. The summed E-state index contributed by atoms with van der Waals surface area (Å²) < 4.78 is 6.09. The zero-order valence-electron chi connectivity index (χ0n) is 11.7. The van der Waals surface area contributed by atoms with Gasteiger partial charge in [0.15, 0.2) is 0 Å². The molecule has 102 valence electrons. The lowest BCUT2D eigenvalue weighted by atomic mass is 9.95. The molecule has 0 spiro atoms. The number of aliphatic hydroxyl groups excluding tert-OH is 1. The standard InChI is InChI=1S/C15H30O2/c1-3-5-7-9-14-11-13(16)12-15(17-14)10-8-6-4-2/h13-16H,3-12H2,1-2H3/t13?,14-,15+. The molecule has 1 N–H and O–H groups in total. The summed E-state index contributed by atoms with van der Waals surface area (Å²) in [5.41, 5.74) is 0. The molecule has 0 aliphatic carbocycles. The Balaban J connectivity index is 2.21. The molecule has 2 nitrogen and oxygen atoms in total. The Bertz CT molecular complexity index is 164. The minimum Gasteiger partial charge on any atom is -0.393 e. The van der Waals surface area contributed by atoms with E-state index in [1.165, 1.54) is 38.5 Å². The van der Waals surface area contributed by atoms with E-state index in [0.717, 1.165) is 25.7 Å². The first kappa shape index (κ1) is 15.0. The van der Waals surface area contributed by atoms with Crippen LogP contribution in [0, 0.1) is 0 Å². The van der Waals surface area contributed by atoms with E-state index in [1.54, 1.807) is 0 Å². The Kier molecular flexibility index (Phi) is 7.87. The van der Waals surface area contributed by atoms with E-state index in [9.17, 15) is 5.11 Å². The summed E-state index contributed by atoms with van der Waals surface area (Å²) in [7, 11) is 0. The van der Waals surface area contributed by atoms with Gasteiger partial charge in [0, 0.05) is 0 Å². The van der Waals surface area contributed by atoms with Crippen LogP contribution in [0.25, 0.3) is 0 Å². The van der Waals surface area contributed by atoms with Gasteiger partial charge in [-0.1, -0.05) is 52.4 Å². The quantitative estimate of drug-likeness (QED) is 0.650. The Morgan fingerprint density at radius 1 is 0.882 bits per heavy atom. The second-order valence-electron chi connectivity index (χ2n) is 5.50. The number of unbranched alkanes of at least 4 members (excludes halogenated alkanes) is 4. The van der Waals surface area contributed by atoms with Crippen molar-refractivity contribution in [1.82, 2.24) is 0 Å². The number of rotatable bonds is 8. The van der Waals surface area contributed by atoms with E-state index in [-0.39, 0.29) is 6.10 Å². The van der Waals surface area contributed by atoms with Crippen molar-refractivity contribution >= 4 is 0 Å². The maximum Gasteiger partial charge on any atom is 0.0603 e. The molecule has 1 aliphatic heterocycles. The van der Waals surface area contributed by atoms with E-state index in [2.05, 4.69) is 13.8 Å². The average Bonchev–Trinajstić information content (AvgIpc) is 2.29. The molecule has 0 amide bonds. The first-order valence-corrected chi connectivity index (χ1v) is 7.59. The molecule has 17 heavy (non-hydrogen) atoms. The summed E-state index contributed by atoms with van der Waals surface area (Å²) in [6, 6.07) is 0. The lowest BCUT2D eigenvalue weighted by Gasteiger charge is -2.33. The number of hydrogen-bond donors (Lipinski definition) is 1. The average molecular weight is 242 g/mol. The Morgan fingerprint density at radius 2 is 1.35 bits per heavy atom. The molecule has 0 aromatic rings. The molecular formula is C15H30O2. The molecule has 1 heterocycles. The van der Waals surface area contributed by atoms with Gasteiger partial charge in [-0.3, -0.25) is 0 Å². The van der Waals surface area contributed by atoms with Gasteiger partial charge in [0.25, 0.3) is 0 Å². The first-order valence-electron chi connectivity index (χ1n) is 7.59. The molecule has 3 atom stereocenters.